The van der Waals surface area contributed by atoms with Gasteiger partial charge in [-0.1, -0.05) is 13.3 Å². The monoisotopic (exact) mass is 204 g/mol. The third-order valence-electron chi connectivity index (χ3n) is 2.13. The van der Waals surface area contributed by atoms with E-state index >= 15 is 0 Å². The van der Waals surface area contributed by atoms with E-state index in [2.05, 4.69) is 4.98 Å². The molecule has 0 atom stereocenters. The van der Waals surface area contributed by atoms with Crippen LogP contribution >= 0.6 is 0 Å². The molecule has 4 nitrogen and oxygen atoms in total. The first-order valence-electron chi connectivity index (χ1n) is 4.81. The second-order valence-corrected chi connectivity index (χ2v) is 3.25. The molecule has 78 valence electrons. The molecule has 0 aromatic carbocycles. The zero-order valence-corrected chi connectivity index (χ0v) is 8.53. The summed E-state index contributed by atoms with van der Waals surface area (Å²) < 4.78 is 0. The summed E-state index contributed by atoms with van der Waals surface area (Å²) in [5, 5.41) is 17.6. The number of aryl methyl sites for hydroxylation is 1. The Hall–Kier alpha value is -1.89. The lowest BCUT2D eigenvalue weighted by Crippen LogP contribution is -2.04. The van der Waals surface area contributed by atoms with Crippen molar-refractivity contribution in [2.45, 2.75) is 26.2 Å². The van der Waals surface area contributed by atoms with Crippen molar-refractivity contribution < 1.29 is 9.90 Å². The number of carboxylic acid groups (broad SMARTS) is 1. The molecule has 0 spiro atoms. The van der Waals surface area contributed by atoms with Crippen LogP contribution in [0.5, 0.6) is 0 Å². The summed E-state index contributed by atoms with van der Waals surface area (Å²) in [5.41, 5.74) is 1.16. The van der Waals surface area contributed by atoms with E-state index in [0.717, 1.165) is 12.8 Å². The fourth-order valence-electron chi connectivity index (χ4n) is 1.32. The van der Waals surface area contributed by atoms with E-state index in [-0.39, 0.29) is 11.3 Å². The zero-order valence-electron chi connectivity index (χ0n) is 8.53. The molecule has 0 radical (unpaired) electrons. The Bertz CT molecular complexity index is 408. The Labute approximate surface area is 88.2 Å². The van der Waals surface area contributed by atoms with Crippen LogP contribution in [0.3, 0.4) is 0 Å². The summed E-state index contributed by atoms with van der Waals surface area (Å²) >= 11 is 0. The first-order valence-corrected chi connectivity index (χ1v) is 4.81. The van der Waals surface area contributed by atoms with Gasteiger partial charge in [-0.25, -0.2) is 9.78 Å². The van der Waals surface area contributed by atoms with E-state index in [4.69, 9.17) is 10.4 Å². The van der Waals surface area contributed by atoms with E-state index in [1.807, 2.05) is 13.0 Å². The van der Waals surface area contributed by atoms with Crippen LogP contribution in [-0.4, -0.2) is 16.1 Å². The van der Waals surface area contributed by atoms with E-state index < -0.39 is 5.97 Å². The highest BCUT2D eigenvalue weighted by Gasteiger charge is 2.10. The van der Waals surface area contributed by atoms with Gasteiger partial charge in [0.2, 0.25) is 0 Å². The molecule has 0 fully saturated rings. The van der Waals surface area contributed by atoms with Crippen molar-refractivity contribution in [3.8, 4) is 6.07 Å². The Morgan fingerprint density at radius 3 is 2.93 bits per heavy atom. The lowest BCUT2D eigenvalue weighted by molar-refractivity contribution is 0.0695. The van der Waals surface area contributed by atoms with Gasteiger partial charge in [-0.15, -0.1) is 0 Å². The third-order valence-corrected chi connectivity index (χ3v) is 2.13. The van der Waals surface area contributed by atoms with Crippen molar-refractivity contribution in [1.29, 1.82) is 5.26 Å². The third kappa shape index (κ3) is 2.78. The van der Waals surface area contributed by atoms with Crippen LogP contribution in [0.1, 0.15) is 41.4 Å². The predicted molar refractivity (Wildman–Crippen MR) is 54.5 cm³/mol. The summed E-state index contributed by atoms with van der Waals surface area (Å²) in [6.45, 7) is 2.03. The van der Waals surface area contributed by atoms with Crippen molar-refractivity contribution in [2.24, 2.45) is 0 Å². The van der Waals surface area contributed by atoms with Gasteiger partial charge in [0.25, 0.3) is 0 Å². The Morgan fingerprint density at radius 2 is 2.40 bits per heavy atom. The van der Waals surface area contributed by atoms with E-state index in [0.29, 0.717) is 12.0 Å². The highest BCUT2D eigenvalue weighted by molar-refractivity contribution is 5.89. The van der Waals surface area contributed by atoms with Gasteiger partial charge in [-0.05, 0) is 24.5 Å². The summed E-state index contributed by atoms with van der Waals surface area (Å²) in [4.78, 5) is 14.6. The van der Waals surface area contributed by atoms with Crippen molar-refractivity contribution in [3.05, 3.63) is 29.1 Å². The molecule has 0 aliphatic rings. The molecular formula is C11H12N2O2. The number of aromatic nitrogens is 1. The maximum atomic E-state index is 10.9. The van der Waals surface area contributed by atoms with Crippen molar-refractivity contribution in [3.63, 3.8) is 0 Å². The van der Waals surface area contributed by atoms with Gasteiger partial charge in [0, 0.05) is 6.20 Å². The number of aromatic carboxylic acids is 1. The van der Waals surface area contributed by atoms with Gasteiger partial charge in [0.1, 0.15) is 11.8 Å². The van der Waals surface area contributed by atoms with Gasteiger partial charge < -0.3 is 5.11 Å². The van der Waals surface area contributed by atoms with Gasteiger partial charge in [0.15, 0.2) is 0 Å². The normalized spacial score (nSPS) is 9.60. The molecule has 1 N–H and O–H groups in total. The largest absolute Gasteiger partial charge is 0.478 e. The number of nitriles is 1. The molecule has 0 aliphatic heterocycles. The minimum atomic E-state index is -0.988. The maximum Gasteiger partial charge on any atom is 0.337 e. The Kier molecular flexibility index (Phi) is 3.81. The lowest BCUT2D eigenvalue weighted by atomic mass is 10.0. The van der Waals surface area contributed by atoms with Gasteiger partial charge in [-0.3, -0.25) is 0 Å². The van der Waals surface area contributed by atoms with Crippen LogP contribution in [0, 0.1) is 11.3 Å². The van der Waals surface area contributed by atoms with E-state index in [9.17, 15) is 4.79 Å². The minimum Gasteiger partial charge on any atom is -0.478 e. The fourth-order valence-corrected chi connectivity index (χ4v) is 1.32. The van der Waals surface area contributed by atoms with Crippen molar-refractivity contribution in [2.75, 3.05) is 0 Å². The number of carbonyl (C=O) groups is 1. The summed E-state index contributed by atoms with van der Waals surface area (Å²) in [5.74, 6) is -0.988. The van der Waals surface area contributed by atoms with Crippen LogP contribution in [-0.2, 0) is 6.42 Å². The summed E-state index contributed by atoms with van der Waals surface area (Å²) in [7, 11) is 0. The van der Waals surface area contributed by atoms with Crippen LogP contribution in [0.4, 0.5) is 0 Å². The Morgan fingerprint density at radius 1 is 1.67 bits per heavy atom. The molecule has 0 aliphatic carbocycles. The number of rotatable bonds is 4. The minimum absolute atomic E-state index is 0.197. The van der Waals surface area contributed by atoms with Crippen LogP contribution in [0.25, 0.3) is 0 Å². The second-order valence-electron chi connectivity index (χ2n) is 3.25. The zero-order chi connectivity index (χ0) is 11.3. The quantitative estimate of drug-likeness (QED) is 0.813. The smallest absolute Gasteiger partial charge is 0.337 e. The molecule has 0 amide bonds. The summed E-state index contributed by atoms with van der Waals surface area (Å²) in [6, 6.07) is 3.46. The van der Waals surface area contributed by atoms with Crippen LogP contribution in [0.2, 0.25) is 0 Å². The standard InChI is InChI=1S/C11H12N2O2/c1-2-3-4-8-5-9(6-12)13-7-10(8)11(14)15/h5,7H,2-4H2,1H3,(H,14,15). The second kappa shape index (κ2) is 5.11. The number of pyridine rings is 1. The Balaban J connectivity index is 3.06. The number of unbranched alkanes of at least 4 members (excludes halogenated alkanes) is 1. The molecular weight excluding hydrogens is 192 g/mol. The van der Waals surface area contributed by atoms with Gasteiger partial charge in [-0.2, -0.15) is 5.26 Å². The van der Waals surface area contributed by atoms with Gasteiger partial charge >= 0.3 is 5.97 Å². The predicted octanol–water partition coefficient (Wildman–Crippen LogP) is 1.99. The van der Waals surface area contributed by atoms with Crippen molar-refractivity contribution in [1.82, 2.24) is 4.98 Å². The van der Waals surface area contributed by atoms with Crippen LogP contribution < -0.4 is 0 Å². The van der Waals surface area contributed by atoms with Gasteiger partial charge in [0.05, 0.1) is 5.56 Å². The molecule has 1 aromatic rings. The first kappa shape index (κ1) is 11.2. The molecule has 0 saturated heterocycles. The topological polar surface area (TPSA) is 74.0 Å². The van der Waals surface area contributed by atoms with E-state index in [1.54, 1.807) is 6.07 Å². The lowest BCUT2D eigenvalue weighted by Gasteiger charge is -2.04. The number of carboxylic acids is 1. The molecule has 0 unspecified atom stereocenters. The first-order chi connectivity index (χ1) is 7.19. The SMILES string of the molecule is CCCCc1cc(C#N)ncc1C(=O)O. The highest BCUT2D eigenvalue weighted by Crippen LogP contribution is 2.12. The van der Waals surface area contributed by atoms with E-state index in [1.165, 1.54) is 6.20 Å². The number of nitrogens with zero attached hydrogens (tertiary/aromatic N) is 2. The molecule has 4 heteroatoms. The molecule has 0 saturated carbocycles. The molecule has 1 aromatic heterocycles. The number of hydrogen-bond acceptors (Lipinski definition) is 3. The molecule has 15 heavy (non-hydrogen) atoms. The maximum absolute atomic E-state index is 10.9. The van der Waals surface area contributed by atoms with Crippen LogP contribution in [0.15, 0.2) is 12.3 Å². The average Bonchev–Trinajstić information content (AvgIpc) is 2.25. The average molecular weight is 204 g/mol. The fraction of sp³-hybridized carbons (Fsp3) is 0.364. The molecule has 0 bridgehead atoms. The molecule has 1 heterocycles. The summed E-state index contributed by atoms with van der Waals surface area (Å²) in [6.07, 6.45) is 3.83. The highest BCUT2D eigenvalue weighted by atomic mass is 16.4. The number of hydrogen-bond donors (Lipinski definition) is 1. The van der Waals surface area contributed by atoms with Crippen molar-refractivity contribution >= 4 is 5.97 Å². The molecule has 1 rings (SSSR count).